The first-order chi connectivity index (χ1) is 26.6. The first-order valence-corrected chi connectivity index (χ1v) is 18.6. The van der Waals surface area contributed by atoms with Crippen LogP contribution in [0.3, 0.4) is 0 Å². The van der Waals surface area contributed by atoms with Gasteiger partial charge in [0.25, 0.3) is 0 Å². The second kappa shape index (κ2) is 18.9. The summed E-state index contributed by atoms with van der Waals surface area (Å²) in [6.45, 7) is 1.91. The fraction of sp³-hybridized carbons (Fsp3) is 0.311. The summed E-state index contributed by atoms with van der Waals surface area (Å²) in [5.74, 6) is -0.0152. The molecule has 5 aromatic carbocycles. The summed E-state index contributed by atoms with van der Waals surface area (Å²) in [6, 6.07) is 46.1. The van der Waals surface area contributed by atoms with Crippen molar-refractivity contribution in [3.8, 4) is 11.1 Å². The summed E-state index contributed by atoms with van der Waals surface area (Å²) < 4.78 is 37.2. The highest BCUT2D eigenvalue weighted by Gasteiger charge is 2.47. The normalized spacial score (nSPS) is 20.6. The Hall–Kier alpha value is -4.87. The molecule has 2 aliphatic rings. The molecule has 280 valence electrons. The van der Waals surface area contributed by atoms with Crippen molar-refractivity contribution in [3.05, 3.63) is 167 Å². The SMILES string of the molecule is O=C(NCCCO[C@H]1O[C@H](COCc2ccccc2)[C@@H](OCc2ccccc2)[C@H](OCc2ccccc2)[C@@H]1O)OCC1c2ccccc2-c2ccccc21. The van der Waals surface area contributed by atoms with Crippen LogP contribution in [-0.2, 0) is 48.2 Å². The highest BCUT2D eigenvalue weighted by Crippen LogP contribution is 2.44. The van der Waals surface area contributed by atoms with Gasteiger partial charge in [0.05, 0.1) is 33.0 Å². The maximum Gasteiger partial charge on any atom is 0.407 e. The van der Waals surface area contributed by atoms with Gasteiger partial charge in [-0.2, -0.15) is 0 Å². The van der Waals surface area contributed by atoms with Crippen molar-refractivity contribution in [3.63, 3.8) is 0 Å². The number of fused-ring (bicyclic) bond motifs is 3. The minimum Gasteiger partial charge on any atom is -0.449 e. The van der Waals surface area contributed by atoms with Crippen molar-refractivity contribution >= 4 is 6.09 Å². The summed E-state index contributed by atoms with van der Waals surface area (Å²) in [7, 11) is 0. The van der Waals surface area contributed by atoms with E-state index in [1.165, 1.54) is 11.1 Å². The summed E-state index contributed by atoms with van der Waals surface area (Å²) in [4.78, 5) is 12.7. The Morgan fingerprint density at radius 3 is 1.72 bits per heavy atom. The molecule has 0 saturated carbocycles. The molecular formula is C45H47NO8. The number of nitrogens with one attached hydrogen (secondary N) is 1. The van der Waals surface area contributed by atoms with E-state index in [2.05, 4.69) is 29.6 Å². The lowest BCUT2D eigenvalue weighted by Gasteiger charge is -2.44. The fourth-order valence-corrected chi connectivity index (χ4v) is 7.07. The third-order valence-corrected chi connectivity index (χ3v) is 9.80. The van der Waals surface area contributed by atoms with Crippen molar-refractivity contribution in [2.24, 2.45) is 0 Å². The lowest BCUT2D eigenvalue weighted by Crippen LogP contribution is -2.61. The Balaban J connectivity index is 0.953. The predicted molar refractivity (Wildman–Crippen MR) is 204 cm³/mol. The first-order valence-electron chi connectivity index (χ1n) is 18.6. The van der Waals surface area contributed by atoms with Gasteiger partial charge in [-0.3, -0.25) is 0 Å². The van der Waals surface area contributed by atoms with Gasteiger partial charge >= 0.3 is 6.09 Å². The van der Waals surface area contributed by atoms with Crippen LogP contribution in [0.4, 0.5) is 4.79 Å². The third-order valence-electron chi connectivity index (χ3n) is 9.80. The number of rotatable bonds is 17. The van der Waals surface area contributed by atoms with Crippen molar-refractivity contribution < 1.29 is 38.3 Å². The van der Waals surface area contributed by atoms with Gasteiger partial charge < -0.3 is 38.8 Å². The molecule has 1 fully saturated rings. The van der Waals surface area contributed by atoms with Crippen LogP contribution >= 0.6 is 0 Å². The molecule has 0 radical (unpaired) electrons. The number of benzene rings is 5. The van der Waals surface area contributed by atoms with E-state index in [1.54, 1.807) is 0 Å². The molecule has 1 aliphatic heterocycles. The molecule has 5 aromatic rings. The lowest BCUT2D eigenvalue weighted by atomic mass is 9.98. The zero-order valence-electron chi connectivity index (χ0n) is 30.2. The minimum absolute atomic E-state index is 0.0152. The zero-order valence-corrected chi connectivity index (χ0v) is 30.2. The summed E-state index contributed by atoms with van der Waals surface area (Å²) in [5, 5.41) is 14.5. The van der Waals surface area contributed by atoms with Crippen molar-refractivity contribution in [2.75, 3.05) is 26.4 Å². The van der Waals surface area contributed by atoms with Crippen LogP contribution in [0.5, 0.6) is 0 Å². The largest absolute Gasteiger partial charge is 0.449 e. The molecule has 2 N–H and O–H groups in total. The number of aliphatic hydroxyl groups excluding tert-OH is 1. The molecule has 9 heteroatoms. The summed E-state index contributed by atoms with van der Waals surface area (Å²) in [5.41, 5.74) is 7.66. The number of carbonyl (C=O) groups is 1. The molecule has 9 nitrogen and oxygen atoms in total. The molecule has 1 saturated heterocycles. The van der Waals surface area contributed by atoms with E-state index in [0.29, 0.717) is 26.2 Å². The number of alkyl carbamates (subject to hydrolysis) is 1. The van der Waals surface area contributed by atoms with Gasteiger partial charge in [-0.25, -0.2) is 4.79 Å². The Labute approximate surface area is 316 Å². The van der Waals surface area contributed by atoms with Crippen molar-refractivity contribution in [2.45, 2.75) is 62.9 Å². The maximum atomic E-state index is 12.7. The van der Waals surface area contributed by atoms with E-state index in [1.807, 2.05) is 115 Å². The van der Waals surface area contributed by atoms with Gasteiger partial charge in [0.2, 0.25) is 0 Å². The van der Waals surface area contributed by atoms with Gasteiger partial charge in [0.15, 0.2) is 6.29 Å². The lowest BCUT2D eigenvalue weighted by molar-refractivity contribution is -0.319. The molecule has 7 rings (SSSR count). The van der Waals surface area contributed by atoms with E-state index < -0.39 is 36.8 Å². The van der Waals surface area contributed by atoms with Crippen LogP contribution in [0, 0.1) is 0 Å². The molecule has 0 unspecified atom stereocenters. The average molecular weight is 730 g/mol. The second-order valence-corrected chi connectivity index (χ2v) is 13.5. The maximum absolute atomic E-state index is 12.7. The summed E-state index contributed by atoms with van der Waals surface area (Å²) >= 11 is 0. The second-order valence-electron chi connectivity index (χ2n) is 13.5. The van der Waals surface area contributed by atoms with Crippen LogP contribution in [-0.4, -0.2) is 68.3 Å². The highest BCUT2D eigenvalue weighted by atomic mass is 16.7. The van der Waals surface area contributed by atoms with Gasteiger partial charge in [-0.05, 0) is 45.4 Å². The smallest absolute Gasteiger partial charge is 0.407 e. The molecule has 0 spiro atoms. The quantitative estimate of drug-likeness (QED) is 0.0955. The molecule has 0 aromatic heterocycles. The highest BCUT2D eigenvalue weighted by molar-refractivity contribution is 5.79. The van der Waals surface area contributed by atoms with Crippen LogP contribution < -0.4 is 5.32 Å². The number of amides is 1. The monoisotopic (exact) mass is 729 g/mol. The van der Waals surface area contributed by atoms with Gasteiger partial charge in [-0.15, -0.1) is 0 Å². The number of hydrogen-bond acceptors (Lipinski definition) is 8. The molecular weight excluding hydrogens is 682 g/mol. The number of hydrogen-bond donors (Lipinski definition) is 2. The zero-order chi connectivity index (χ0) is 37.0. The topological polar surface area (TPSA) is 105 Å². The molecule has 5 atom stereocenters. The van der Waals surface area contributed by atoms with E-state index in [0.717, 1.165) is 27.8 Å². The number of aliphatic hydroxyl groups is 1. The molecule has 1 amide bonds. The number of carbonyl (C=O) groups excluding carboxylic acids is 1. The Morgan fingerprint density at radius 1 is 0.611 bits per heavy atom. The van der Waals surface area contributed by atoms with Crippen molar-refractivity contribution in [1.29, 1.82) is 0 Å². The van der Waals surface area contributed by atoms with Crippen LogP contribution in [0.2, 0.25) is 0 Å². The van der Waals surface area contributed by atoms with Crippen LogP contribution in [0.25, 0.3) is 11.1 Å². The molecule has 54 heavy (non-hydrogen) atoms. The van der Waals surface area contributed by atoms with Crippen LogP contribution in [0.15, 0.2) is 140 Å². The first kappa shape index (κ1) is 37.4. The average Bonchev–Trinajstić information content (AvgIpc) is 3.54. The predicted octanol–water partition coefficient (Wildman–Crippen LogP) is 7.41. The molecule has 1 aliphatic carbocycles. The van der Waals surface area contributed by atoms with E-state index >= 15 is 0 Å². The van der Waals surface area contributed by atoms with Crippen LogP contribution in [0.1, 0.15) is 40.2 Å². The Morgan fingerprint density at radius 2 is 1.13 bits per heavy atom. The summed E-state index contributed by atoms with van der Waals surface area (Å²) in [6.07, 6.45) is -4.24. The van der Waals surface area contributed by atoms with Crippen molar-refractivity contribution in [1.82, 2.24) is 5.32 Å². The van der Waals surface area contributed by atoms with E-state index in [-0.39, 0.29) is 32.3 Å². The Kier molecular flexibility index (Phi) is 13.1. The fourth-order valence-electron chi connectivity index (χ4n) is 7.07. The Bertz CT molecular complexity index is 1850. The third kappa shape index (κ3) is 9.62. The van der Waals surface area contributed by atoms with Gasteiger partial charge in [-0.1, -0.05) is 140 Å². The van der Waals surface area contributed by atoms with E-state index in [4.69, 9.17) is 28.4 Å². The molecule has 1 heterocycles. The standard InChI is InChI=1S/C45H47NO8/c47-41-43(52-29-34-19-8-3-9-20-34)42(51-28-33-17-6-2-7-18-33)40(31-49-27-32-15-4-1-5-16-32)54-44(41)50-26-14-25-46-45(48)53-30-39-37-23-12-10-21-35(37)36-22-11-13-24-38(36)39/h1-13,15-24,39-44,47H,14,25-31H2,(H,46,48)/t40-,41+,42-,43-,44+/m1/s1. The number of ether oxygens (including phenoxy) is 6. The van der Waals surface area contributed by atoms with Gasteiger partial charge in [0, 0.05) is 12.5 Å². The van der Waals surface area contributed by atoms with E-state index in [9.17, 15) is 9.90 Å². The minimum atomic E-state index is -1.16. The molecule has 0 bridgehead atoms. The van der Waals surface area contributed by atoms with Gasteiger partial charge in [0.1, 0.15) is 31.0 Å².